The van der Waals surface area contributed by atoms with E-state index in [9.17, 15) is 14.4 Å². The fourth-order valence-electron chi connectivity index (χ4n) is 7.27. The molecule has 8 nitrogen and oxygen atoms in total. The van der Waals surface area contributed by atoms with Gasteiger partial charge in [-0.15, -0.1) is 0 Å². The number of likely N-dealkylation sites (tertiary alicyclic amines) is 1. The van der Waals surface area contributed by atoms with Crippen molar-refractivity contribution < 1.29 is 23.9 Å². The van der Waals surface area contributed by atoms with Gasteiger partial charge in [-0.2, -0.15) is 0 Å². The smallest absolute Gasteiger partial charge is 0.246 e. The van der Waals surface area contributed by atoms with Crippen molar-refractivity contribution in [2.45, 2.75) is 81.7 Å². The number of nitrogens with one attached hydrogen (secondary N) is 2. The molecule has 3 aliphatic heterocycles. The van der Waals surface area contributed by atoms with E-state index in [1.54, 1.807) is 36.3 Å². The largest absolute Gasteiger partial charge is 0.497 e. The third-order valence-corrected chi connectivity index (χ3v) is 9.34. The number of ether oxygens (including phenoxy) is 2. The Kier molecular flexibility index (Phi) is 7.60. The Morgan fingerprint density at radius 3 is 2.49 bits per heavy atom. The molecule has 1 aliphatic carbocycles. The number of rotatable bonds is 9. The van der Waals surface area contributed by atoms with Crippen molar-refractivity contribution >= 4 is 23.4 Å². The first kappa shape index (κ1) is 27.5. The number of hydrogen-bond donors (Lipinski definition) is 2. The fraction of sp³-hybridized carbons (Fsp3) is 0.485. The second-order valence-electron chi connectivity index (χ2n) is 11.9. The molecular weight excluding hydrogens is 518 g/mol. The highest BCUT2D eigenvalue weighted by molar-refractivity contribution is 6.03. The topological polar surface area (TPSA) is 97.0 Å². The van der Waals surface area contributed by atoms with E-state index in [0.717, 1.165) is 32.1 Å². The Hall–Kier alpha value is -3.65. The van der Waals surface area contributed by atoms with Gasteiger partial charge in [0.2, 0.25) is 17.7 Å². The van der Waals surface area contributed by atoms with Gasteiger partial charge in [0.25, 0.3) is 0 Å². The van der Waals surface area contributed by atoms with Gasteiger partial charge >= 0.3 is 0 Å². The van der Waals surface area contributed by atoms with Crippen LogP contribution >= 0.6 is 0 Å². The summed E-state index contributed by atoms with van der Waals surface area (Å²) in [6, 6.07) is 16.3. The van der Waals surface area contributed by atoms with Crippen molar-refractivity contribution in [2.75, 3.05) is 12.4 Å². The number of hydrogen-bond acceptors (Lipinski definition) is 5. The van der Waals surface area contributed by atoms with Crippen molar-refractivity contribution in [3.63, 3.8) is 0 Å². The number of methoxy groups -OCH3 is 1. The lowest BCUT2D eigenvalue weighted by Crippen LogP contribution is -2.58. The summed E-state index contributed by atoms with van der Waals surface area (Å²) in [5, 5.41) is 6.24. The molecule has 4 aliphatic rings. The molecular formula is C33H39N3O5. The monoisotopic (exact) mass is 557 g/mol. The van der Waals surface area contributed by atoms with Gasteiger partial charge in [0.05, 0.1) is 25.0 Å². The van der Waals surface area contributed by atoms with Crippen molar-refractivity contribution in [1.82, 2.24) is 10.2 Å². The summed E-state index contributed by atoms with van der Waals surface area (Å²) in [6.07, 6.45) is 9.90. The average Bonchev–Trinajstić information content (AvgIpc) is 3.64. The van der Waals surface area contributed by atoms with Crippen LogP contribution in [0.4, 0.5) is 5.69 Å². The molecule has 41 heavy (non-hydrogen) atoms. The molecule has 6 atom stereocenters. The maximum Gasteiger partial charge on any atom is 0.246 e. The Bertz CT molecular complexity index is 1310. The second-order valence-corrected chi connectivity index (χ2v) is 11.9. The van der Waals surface area contributed by atoms with Gasteiger partial charge in [0.15, 0.2) is 0 Å². The molecule has 2 aromatic rings. The van der Waals surface area contributed by atoms with E-state index in [1.165, 1.54) is 12.0 Å². The molecule has 3 fully saturated rings. The number of aryl methyl sites for hydroxylation is 1. The standard InChI is InChI=1S/C33H39N3O5/c1-21(13-14-22-9-5-3-6-10-22)36-29(31(38)35-23-11-7-4-8-12-23)33-20-19-26(41-33)27(28(33)32(36)39)30(37)34-24-15-17-25(40-2)18-16-24/h3,5-6,9-10,15-21,23,26-29H,4,7-8,11-14H2,1-2H3,(H,34,37)(H,35,38)/t21-,26-,27+,28-,29-,33-/m1/s1. The Labute approximate surface area is 241 Å². The molecule has 1 spiro atoms. The average molecular weight is 558 g/mol. The second kappa shape index (κ2) is 11.3. The first-order valence-electron chi connectivity index (χ1n) is 14.9. The number of carbonyl (C=O) groups is 3. The van der Waals surface area contributed by atoms with Gasteiger partial charge in [-0.25, -0.2) is 0 Å². The third kappa shape index (κ3) is 5.03. The Morgan fingerprint density at radius 1 is 1.05 bits per heavy atom. The summed E-state index contributed by atoms with van der Waals surface area (Å²) in [7, 11) is 1.59. The first-order valence-corrected chi connectivity index (χ1v) is 14.9. The van der Waals surface area contributed by atoms with Crippen LogP contribution < -0.4 is 15.4 Å². The van der Waals surface area contributed by atoms with Gasteiger partial charge in [-0.3, -0.25) is 14.4 Å². The van der Waals surface area contributed by atoms with E-state index in [0.29, 0.717) is 17.9 Å². The number of anilines is 1. The Balaban J connectivity index is 1.28. The molecule has 2 aromatic carbocycles. The quantitative estimate of drug-likeness (QED) is 0.450. The third-order valence-electron chi connectivity index (χ3n) is 9.34. The van der Waals surface area contributed by atoms with Crippen LogP contribution in [0.5, 0.6) is 5.75 Å². The number of fused-ring (bicyclic) bond motifs is 1. The molecule has 3 heterocycles. The van der Waals surface area contributed by atoms with Gasteiger partial charge in [0, 0.05) is 17.8 Å². The molecule has 0 aromatic heterocycles. The van der Waals surface area contributed by atoms with Crippen LogP contribution in [0.25, 0.3) is 0 Å². The van der Waals surface area contributed by atoms with Crippen molar-refractivity contribution in [3.05, 3.63) is 72.3 Å². The van der Waals surface area contributed by atoms with Crippen LogP contribution in [0.15, 0.2) is 66.7 Å². The van der Waals surface area contributed by atoms with Gasteiger partial charge in [-0.05, 0) is 62.4 Å². The van der Waals surface area contributed by atoms with E-state index in [1.807, 2.05) is 37.3 Å². The highest BCUT2D eigenvalue weighted by Crippen LogP contribution is 2.56. The summed E-state index contributed by atoms with van der Waals surface area (Å²) in [5.74, 6) is -1.46. The number of carbonyl (C=O) groups excluding carboxylic acids is 3. The van der Waals surface area contributed by atoms with Gasteiger partial charge in [0.1, 0.15) is 17.4 Å². The molecule has 216 valence electrons. The summed E-state index contributed by atoms with van der Waals surface area (Å²) >= 11 is 0. The first-order chi connectivity index (χ1) is 19.9. The van der Waals surface area contributed by atoms with E-state index < -0.39 is 29.6 Å². The molecule has 2 saturated heterocycles. The van der Waals surface area contributed by atoms with Crippen LogP contribution in [0.1, 0.15) is 51.0 Å². The lowest BCUT2D eigenvalue weighted by Gasteiger charge is -2.36. The lowest BCUT2D eigenvalue weighted by molar-refractivity contribution is -0.143. The fourth-order valence-corrected chi connectivity index (χ4v) is 7.27. The molecule has 6 rings (SSSR count). The van der Waals surface area contributed by atoms with Crippen LogP contribution in [0.2, 0.25) is 0 Å². The number of benzene rings is 2. The molecule has 0 radical (unpaired) electrons. The van der Waals surface area contributed by atoms with Gasteiger partial charge < -0.3 is 25.0 Å². The van der Waals surface area contributed by atoms with Crippen molar-refractivity contribution in [1.29, 1.82) is 0 Å². The summed E-state index contributed by atoms with van der Waals surface area (Å²) in [4.78, 5) is 43.8. The zero-order valence-corrected chi connectivity index (χ0v) is 23.8. The SMILES string of the molecule is COc1ccc(NC(=O)[C@H]2[C@H]3C=C[C@@]4(O3)[C@H]2C(=O)N([C@H](C)CCc2ccccc2)[C@@H]4C(=O)NC2CCCCC2)cc1. The molecule has 8 heteroatoms. The highest BCUT2D eigenvalue weighted by Gasteiger charge is 2.73. The van der Waals surface area contributed by atoms with Crippen molar-refractivity contribution in [3.8, 4) is 5.75 Å². The van der Waals surface area contributed by atoms with E-state index in [2.05, 4.69) is 22.8 Å². The van der Waals surface area contributed by atoms with Crippen LogP contribution in [0.3, 0.4) is 0 Å². The minimum atomic E-state index is -1.16. The molecule has 3 amide bonds. The maximum atomic E-state index is 14.3. The number of nitrogens with zero attached hydrogens (tertiary/aromatic N) is 1. The molecule has 0 unspecified atom stereocenters. The van der Waals surface area contributed by atoms with Crippen LogP contribution in [-0.4, -0.2) is 59.6 Å². The normalized spacial score (nSPS) is 29.3. The van der Waals surface area contributed by atoms with Crippen LogP contribution in [0, 0.1) is 11.8 Å². The minimum Gasteiger partial charge on any atom is -0.497 e. The zero-order valence-electron chi connectivity index (χ0n) is 23.8. The maximum absolute atomic E-state index is 14.3. The van der Waals surface area contributed by atoms with E-state index in [4.69, 9.17) is 9.47 Å². The molecule has 2 N–H and O–H groups in total. The lowest BCUT2D eigenvalue weighted by atomic mass is 9.74. The summed E-state index contributed by atoms with van der Waals surface area (Å²) in [6.45, 7) is 2.00. The zero-order chi connectivity index (χ0) is 28.6. The summed E-state index contributed by atoms with van der Waals surface area (Å²) in [5.41, 5.74) is 0.631. The number of amides is 3. The predicted molar refractivity (Wildman–Crippen MR) is 155 cm³/mol. The van der Waals surface area contributed by atoms with Crippen molar-refractivity contribution in [2.24, 2.45) is 11.8 Å². The predicted octanol–water partition coefficient (Wildman–Crippen LogP) is 4.25. The molecule has 1 saturated carbocycles. The van der Waals surface area contributed by atoms with E-state index >= 15 is 0 Å². The van der Waals surface area contributed by atoms with Crippen LogP contribution in [-0.2, 0) is 25.5 Å². The minimum absolute atomic E-state index is 0.0972. The Morgan fingerprint density at radius 2 is 1.78 bits per heavy atom. The van der Waals surface area contributed by atoms with E-state index in [-0.39, 0.29) is 29.8 Å². The van der Waals surface area contributed by atoms with Gasteiger partial charge in [-0.1, -0.05) is 61.7 Å². The highest BCUT2D eigenvalue weighted by atomic mass is 16.5. The summed E-state index contributed by atoms with van der Waals surface area (Å²) < 4.78 is 11.7. The molecule has 2 bridgehead atoms.